The van der Waals surface area contributed by atoms with Gasteiger partial charge in [0, 0.05) is 29.2 Å². The number of phenols is 1. The summed E-state index contributed by atoms with van der Waals surface area (Å²) in [6.07, 6.45) is 6.50. The Morgan fingerprint density at radius 3 is 2.37 bits per heavy atom. The van der Waals surface area contributed by atoms with Gasteiger partial charge in [-0.05, 0) is 42.0 Å². The molecule has 1 aliphatic heterocycles. The molecule has 0 amide bonds. The fourth-order valence-electron chi connectivity index (χ4n) is 3.27. The first-order valence-electron chi connectivity index (χ1n) is 8.70. The molecule has 0 radical (unpaired) electrons. The Kier molecular flexibility index (Phi) is 4.54. The van der Waals surface area contributed by atoms with Crippen LogP contribution in [0.5, 0.6) is 5.75 Å². The van der Waals surface area contributed by atoms with E-state index in [9.17, 15) is 9.90 Å². The van der Waals surface area contributed by atoms with E-state index in [4.69, 9.17) is 0 Å². The predicted octanol–water partition coefficient (Wildman–Crippen LogP) is 4.30. The zero-order valence-corrected chi connectivity index (χ0v) is 14.6. The highest BCUT2D eigenvalue weighted by Gasteiger charge is 2.28. The van der Waals surface area contributed by atoms with Gasteiger partial charge < -0.3 is 14.8 Å². The van der Waals surface area contributed by atoms with Crippen molar-refractivity contribution in [2.75, 3.05) is 4.90 Å². The lowest BCUT2D eigenvalue weighted by Crippen LogP contribution is -2.35. The molecule has 2 heterocycles. The molecule has 4 nitrogen and oxygen atoms in total. The minimum Gasteiger partial charge on any atom is -0.507 e. The Hall–Kier alpha value is -3.66. The van der Waals surface area contributed by atoms with Crippen molar-refractivity contribution in [3.63, 3.8) is 0 Å². The van der Waals surface area contributed by atoms with Gasteiger partial charge in [0.15, 0.2) is 0 Å². The number of para-hydroxylation sites is 2. The van der Waals surface area contributed by atoms with Crippen molar-refractivity contribution >= 4 is 23.1 Å². The van der Waals surface area contributed by atoms with Crippen molar-refractivity contribution in [3.05, 3.63) is 103 Å². The SMILES string of the molecule is O=CC1C(c2ccccc2O)=CC(c2ccccn2)=CN1c1ccccc1. The molecule has 4 heteroatoms. The second-order valence-electron chi connectivity index (χ2n) is 6.24. The Morgan fingerprint density at radius 2 is 1.67 bits per heavy atom. The summed E-state index contributed by atoms with van der Waals surface area (Å²) in [6, 6.07) is 22.0. The van der Waals surface area contributed by atoms with E-state index in [0.717, 1.165) is 28.8 Å². The number of hydrogen-bond acceptors (Lipinski definition) is 4. The van der Waals surface area contributed by atoms with Gasteiger partial charge in [-0.25, -0.2) is 0 Å². The van der Waals surface area contributed by atoms with Crippen LogP contribution in [0.1, 0.15) is 11.3 Å². The highest BCUT2D eigenvalue weighted by molar-refractivity contribution is 5.99. The van der Waals surface area contributed by atoms with E-state index in [2.05, 4.69) is 4.98 Å². The van der Waals surface area contributed by atoms with Crippen LogP contribution in [0.25, 0.3) is 11.1 Å². The smallest absolute Gasteiger partial charge is 0.147 e. The summed E-state index contributed by atoms with van der Waals surface area (Å²) in [7, 11) is 0. The van der Waals surface area contributed by atoms with Gasteiger partial charge in [-0.1, -0.05) is 42.5 Å². The zero-order valence-electron chi connectivity index (χ0n) is 14.6. The standard InChI is InChI=1S/C23H18N2O2/c26-16-22-20(19-10-4-5-12-23(19)27)14-17(21-11-6-7-13-24-21)15-25(22)18-8-2-1-3-9-18/h1-16,22,27H. The van der Waals surface area contributed by atoms with Gasteiger partial charge in [0.2, 0.25) is 0 Å². The number of aromatic hydroxyl groups is 1. The van der Waals surface area contributed by atoms with Crippen LogP contribution in [-0.2, 0) is 4.79 Å². The van der Waals surface area contributed by atoms with Crippen LogP contribution in [-0.4, -0.2) is 22.4 Å². The molecule has 0 spiro atoms. The van der Waals surface area contributed by atoms with E-state index < -0.39 is 6.04 Å². The molecule has 27 heavy (non-hydrogen) atoms. The van der Waals surface area contributed by atoms with Crippen LogP contribution >= 0.6 is 0 Å². The molecule has 1 N–H and O–H groups in total. The van der Waals surface area contributed by atoms with Crippen LogP contribution in [0.2, 0.25) is 0 Å². The van der Waals surface area contributed by atoms with Gasteiger partial charge in [0.1, 0.15) is 18.1 Å². The molecule has 0 bridgehead atoms. The molecule has 132 valence electrons. The molecule has 0 fully saturated rings. The minimum absolute atomic E-state index is 0.144. The Labute approximate surface area is 157 Å². The van der Waals surface area contributed by atoms with E-state index in [1.54, 1.807) is 18.3 Å². The lowest BCUT2D eigenvalue weighted by molar-refractivity contribution is -0.107. The quantitative estimate of drug-likeness (QED) is 0.710. The number of pyridine rings is 1. The van der Waals surface area contributed by atoms with Crippen LogP contribution in [0.15, 0.2) is 91.3 Å². The number of benzene rings is 2. The fourth-order valence-corrected chi connectivity index (χ4v) is 3.27. The first kappa shape index (κ1) is 16.8. The van der Waals surface area contributed by atoms with Crippen LogP contribution < -0.4 is 4.90 Å². The van der Waals surface area contributed by atoms with Crippen molar-refractivity contribution in [1.82, 2.24) is 4.98 Å². The molecule has 4 rings (SSSR count). The number of aldehydes is 1. The second-order valence-corrected chi connectivity index (χ2v) is 6.24. The van der Waals surface area contributed by atoms with Crippen molar-refractivity contribution < 1.29 is 9.90 Å². The average Bonchev–Trinajstić information content (AvgIpc) is 2.74. The summed E-state index contributed by atoms with van der Waals surface area (Å²) < 4.78 is 0. The maximum atomic E-state index is 12.1. The number of carbonyl (C=O) groups is 1. The molecule has 3 aromatic rings. The number of carbonyl (C=O) groups excluding carboxylic acids is 1. The molecule has 0 saturated carbocycles. The lowest BCUT2D eigenvalue weighted by atomic mass is 9.91. The third-order valence-electron chi connectivity index (χ3n) is 4.57. The number of allylic oxidation sites excluding steroid dienone is 2. The van der Waals surface area contributed by atoms with Crippen molar-refractivity contribution in [3.8, 4) is 5.75 Å². The van der Waals surface area contributed by atoms with E-state index >= 15 is 0 Å². The predicted molar refractivity (Wildman–Crippen MR) is 107 cm³/mol. The van der Waals surface area contributed by atoms with Crippen LogP contribution in [0.3, 0.4) is 0 Å². The first-order chi connectivity index (χ1) is 13.3. The van der Waals surface area contributed by atoms with Crippen molar-refractivity contribution in [1.29, 1.82) is 0 Å². The monoisotopic (exact) mass is 354 g/mol. The number of nitrogens with zero attached hydrogens (tertiary/aromatic N) is 2. The molecule has 1 atom stereocenters. The van der Waals surface area contributed by atoms with Gasteiger partial charge in [-0.15, -0.1) is 0 Å². The Balaban J connectivity index is 1.91. The second kappa shape index (κ2) is 7.30. The molecule has 0 saturated heterocycles. The summed E-state index contributed by atoms with van der Waals surface area (Å²) in [5, 5.41) is 10.4. The van der Waals surface area contributed by atoms with Gasteiger partial charge in [0.25, 0.3) is 0 Å². The maximum absolute atomic E-state index is 12.1. The van der Waals surface area contributed by atoms with Crippen LogP contribution in [0, 0.1) is 0 Å². The topological polar surface area (TPSA) is 53.4 Å². The summed E-state index contributed by atoms with van der Waals surface area (Å²) in [6.45, 7) is 0. The molecular weight excluding hydrogens is 336 g/mol. The zero-order chi connectivity index (χ0) is 18.6. The van der Waals surface area contributed by atoms with E-state index in [-0.39, 0.29) is 5.75 Å². The number of anilines is 1. The normalized spacial score (nSPS) is 16.4. The average molecular weight is 354 g/mol. The Bertz CT molecular complexity index is 1010. The van der Waals surface area contributed by atoms with Gasteiger partial charge in [-0.3, -0.25) is 4.98 Å². The highest BCUT2D eigenvalue weighted by atomic mass is 16.3. The van der Waals surface area contributed by atoms with E-state index in [0.29, 0.717) is 5.56 Å². The Morgan fingerprint density at radius 1 is 0.926 bits per heavy atom. The van der Waals surface area contributed by atoms with Crippen LogP contribution in [0.4, 0.5) is 5.69 Å². The number of aromatic nitrogens is 1. The lowest BCUT2D eigenvalue weighted by Gasteiger charge is -2.33. The number of phenolic OH excluding ortho intramolecular Hbond substituents is 1. The number of hydrogen-bond donors (Lipinski definition) is 1. The van der Waals surface area contributed by atoms with E-state index in [1.165, 1.54) is 0 Å². The molecular formula is C23H18N2O2. The first-order valence-corrected chi connectivity index (χ1v) is 8.70. The molecule has 1 unspecified atom stereocenters. The molecule has 0 aliphatic carbocycles. The number of rotatable bonds is 4. The molecule has 1 aliphatic rings. The summed E-state index contributed by atoms with van der Waals surface area (Å²) in [4.78, 5) is 18.4. The van der Waals surface area contributed by atoms with E-state index in [1.807, 2.05) is 77.8 Å². The fraction of sp³-hybridized carbons (Fsp3) is 0.0435. The third kappa shape index (κ3) is 3.25. The largest absolute Gasteiger partial charge is 0.507 e. The van der Waals surface area contributed by atoms with Gasteiger partial charge in [-0.2, -0.15) is 0 Å². The molecule has 1 aromatic heterocycles. The summed E-state index contributed by atoms with van der Waals surface area (Å²) in [5.41, 5.74) is 3.93. The third-order valence-corrected chi connectivity index (χ3v) is 4.57. The molecule has 2 aromatic carbocycles. The van der Waals surface area contributed by atoms with Crippen molar-refractivity contribution in [2.24, 2.45) is 0 Å². The summed E-state index contributed by atoms with van der Waals surface area (Å²) in [5.74, 6) is 0.144. The summed E-state index contributed by atoms with van der Waals surface area (Å²) >= 11 is 0. The maximum Gasteiger partial charge on any atom is 0.147 e. The van der Waals surface area contributed by atoms with Crippen molar-refractivity contribution in [2.45, 2.75) is 6.04 Å². The minimum atomic E-state index is -0.548. The van der Waals surface area contributed by atoms with Gasteiger partial charge in [0.05, 0.1) is 5.69 Å². The highest BCUT2D eigenvalue weighted by Crippen LogP contribution is 2.37. The van der Waals surface area contributed by atoms with Gasteiger partial charge >= 0.3 is 0 Å².